The molecule has 0 spiro atoms. The molecule has 6 nitrogen and oxygen atoms in total. The minimum Gasteiger partial charge on any atom is -0.438 e. The van der Waals surface area contributed by atoms with Crippen molar-refractivity contribution in [3.63, 3.8) is 0 Å². The van der Waals surface area contributed by atoms with Crippen molar-refractivity contribution < 1.29 is 4.74 Å². The van der Waals surface area contributed by atoms with Crippen LogP contribution in [0.2, 0.25) is 0 Å². The van der Waals surface area contributed by atoms with E-state index in [9.17, 15) is 4.79 Å². The van der Waals surface area contributed by atoms with Crippen molar-refractivity contribution in [3.05, 3.63) is 63.8 Å². The summed E-state index contributed by atoms with van der Waals surface area (Å²) in [5, 5.41) is 7.61. The molecule has 0 aliphatic carbocycles. The van der Waals surface area contributed by atoms with Crippen molar-refractivity contribution in [2.45, 2.75) is 20.8 Å². The normalized spacial score (nSPS) is 11.0. The average Bonchev–Trinajstić information content (AvgIpc) is 3.10. The van der Waals surface area contributed by atoms with E-state index in [1.54, 1.807) is 19.3 Å². The minimum atomic E-state index is -0.175. The lowest BCUT2D eigenvalue weighted by atomic mass is 9.96. The molecule has 1 N–H and O–H groups in total. The van der Waals surface area contributed by atoms with E-state index in [1.807, 2.05) is 38.1 Å². The standard InChI is InChI=1S/C19H16N4O2S/c1-10-8-14(25-19-17-13(6-7-20-19)9-21-26-17)4-5-15(10)16-11(2)18(24)23-22-12(16)3/h4-9H,1-3H3,(H,23,24). The molecule has 130 valence electrons. The number of pyridine rings is 1. The van der Waals surface area contributed by atoms with Crippen molar-refractivity contribution in [2.75, 3.05) is 0 Å². The zero-order valence-electron chi connectivity index (χ0n) is 14.5. The van der Waals surface area contributed by atoms with Crippen molar-refractivity contribution >= 4 is 21.6 Å². The Balaban J connectivity index is 1.75. The second kappa shape index (κ2) is 6.34. The van der Waals surface area contributed by atoms with E-state index >= 15 is 0 Å². The molecule has 26 heavy (non-hydrogen) atoms. The van der Waals surface area contributed by atoms with E-state index in [0.29, 0.717) is 17.2 Å². The highest BCUT2D eigenvalue weighted by molar-refractivity contribution is 7.13. The maximum Gasteiger partial charge on any atom is 0.267 e. The van der Waals surface area contributed by atoms with Crippen LogP contribution in [0, 0.1) is 20.8 Å². The van der Waals surface area contributed by atoms with E-state index in [4.69, 9.17) is 4.74 Å². The maximum atomic E-state index is 11.9. The summed E-state index contributed by atoms with van der Waals surface area (Å²) in [6.45, 7) is 5.68. The molecule has 0 aliphatic rings. The first-order valence-corrected chi connectivity index (χ1v) is 8.86. The smallest absolute Gasteiger partial charge is 0.267 e. The highest BCUT2D eigenvalue weighted by Gasteiger charge is 2.14. The van der Waals surface area contributed by atoms with E-state index in [0.717, 1.165) is 32.5 Å². The quantitative estimate of drug-likeness (QED) is 0.590. The molecule has 0 amide bonds. The fourth-order valence-electron chi connectivity index (χ4n) is 2.99. The third-order valence-corrected chi connectivity index (χ3v) is 5.13. The number of hydrogen-bond acceptors (Lipinski definition) is 6. The van der Waals surface area contributed by atoms with Gasteiger partial charge in [-0.1, -0.05) is 6.07 Å². The van der Waals surface area contributed by atoms with Gasteiger partial charge in [-0.2, -0.15) is 9.47 Å². The number of aryl methyl sites for hydroxylation is 2. The third-order valence-electron chi connectivity index (χ3n) is 4.32. The van der Waals surface area contributed by atoms with Crippen molar-refractivity contribution in [1.82, 2.24) is 19.6 Å². The summed E-state index contributed by atoms with van der Waals surface area (Å²) < 4.78 is 11.1. The van der Waals surface area contributed by atoms with Gasteiger partial charge < -0.3 is 4.74 Å². The molecule has 0 saturated carbocycles. The first kappa shape index (κ1) is 16.4. The second-order valence-corrected chi connectivity index (χ2v) is 6.88. The molecule has 3 aromatic heterocycles. The van der Waals surface area contributed by atoms with Crippen LogP contribution in [0.3, 0.4) is 0 Å². The molecule has 1 aromatic carbocycles. The van der Waals surface area contributed by atoms with Gasteiger partial charge in [0.2, 0.25) is 5.88 Å². The van der Waals surface area contributed by atoms with Crippen LogP contribution < -0.4 is 10.3 Å². The van der Waals surface area contributed by atoms with E-state index in [-0.39, 0.29) is 5.56 Å². The summed E-state index contributed by atoms with van der Waals surface area (Å²) in [6.07, 6.45) is 3.51. The second-order valence-electron chi connectivity index (χ2n) is 6.08. The fraction of sp³-hybridized carbons (Fsp3) is 0.158. The van der Waals surface area contributed by atoms with Crippen LogP contribution in [0.25, 0.3) is 21.2 Å². The zero-order chi connectivity index (χ0) is 18.3. The first-order chi connectivity index (χ1) is 12.5. The Bertz CT molecular complexity index is 1180. The summed E-state index contributed by atoms with van der Waals surface area (Å²) in [5.74, 6) is 1.23. The van der Waals surface area contributed by atoms with Gasteiger partial charge in [-0.15, -0.1) is 0 Å². The minimum absolute atomic E-state index is 0.175. The van der Waals surface area contributed by atoms with Crippen LogP contribution in [0.5, 0.6) is 11.6 Å². The molecular weight excluding hydrogens is 348 g/mol. The molecule has 0 bridgehead atoms. The summed E-state index contributed by atoms with van der Waals surface area (Å²) in [6, 6.07) is 7.68. The van der Waals surface area contributed by atoms with Crippen molar-refractivity contribution in [2.24, 2.45) is 0 Å². The van der Waals surface area contributed by atoms with Crippen LogP contribution in [0.4, 0.5) is 0 Å². The number of aromatic amines is 1. The van der Waals surface area contributed by atoms with Gasteiger partial charge in [-0.3, -0.25) is 4.79 Å². The lowest BCUT2D eigenvalue weighted by Crippen LogP contribution is -2.14. The fourth-order valence-corrected chi connectivity index (χ4v) is 3.66. The largest absolute Gasteiger partial charge is 0.438 e. The molecule has 7 heteroatoms. The van der Waals surface area contributed by atoms with Crippen LogP contribution >= 0.6 is 11.5 Å². The maximum absolute atomic E-state index is 11.9. The van der Waals surface area contributed by atoms with E-state index in [1.165, 1.54) is 11.5 Å². The van der Waals surface area contributed by atoms with Crippen LogP contribution in [-0.2, 0) is 0 Å². The predicted octanol–water partition coefficient (Wildman–Crippen LogP) is 4.16. The monoisotopic (exact) mass is 364 g/mol. The van der Waals surface area contributed by atoms with Gasteiger partial charge in [0.25, 0.3) is 5.56 Å². The molecule has 0 atom stereocenters. The molecule has 0 saturated heterocycles. The molecule has 0 radical (unpaired) electrons. The van der Waals surface area contributed by atoms with Crippen LogP contribution in [-0.4, -0.2) is 19.6 Å². The van der Waals surface area contributed by atoms with Crippen LogP contribution in [0.1, 0.15) is 16.8 Å². The van der Waals surface area contributed by atoms with Gasteiger partial charge in [0, 0.05) is 28.9 Å². The number of nitrogens with one attached hydrogen (secondary N) is 1. The topological polar surface area (TPSA) is 80.8 Å². The Hall–Kier alpha value is -3.06. The van der Waals surface area contributed by atoms with Gasteiger partial charge >= 0.3 is 0 Å². The van der Waals surface area contributed by atoms with Gasteiger partial charge in [-0.25, -0.2) is 10.1 Å². The lowest BCUT2D eigenvalue weighted by Gasteiger charge is -2.13. The predicted molar refractivity (Wildman–Crippen MR) is 102 cm³/mol. The molecule has 0 fully saturated rings. The molecule has 3 heterocycles. The van der Waals surface area contributed by atoms with E-state index < -0.39 is 0 Å². The van der Waals surface area contributed by atoms with Crippen LogP contribution in [0.15, 0.2) is 41.5 Å². The Morgan fingerprint density at radius 3 is 2.81 bits per heavy atom. The lowest BCUT2D eigenvalue weighted by molar-refractivity contribution is 0.470. The number of fused-ring (bicyclic) bond motifs is 1. The number of nitrogens with zero attached hydrogens (tertiary/aromatic N) is 3. The Morgan fingerprint density at radius 1 is 1.15 bits per heavy atom. The highest BCUT2D eigenvalue weighted by Crippen LogP contribution is 2.33. The van der Waals surface area contributed by atoms with E-state index in [2.05, 4.69) is 19.6 Å². The number of rotatable bonds is 3. The van der Waals surface area contributed by atoms with Gasteiger partial charge in [0.05, 0.1) is 5.69 Å². The SMILES string of the molecule is Cc1cc(Oc2nccc3cnsc23)ccc1-c1c(C)n[nH]c(=O)c1C. The Labute approximate surface area is 153 Å². The summed E-state index contributed by atoms with van der Waals surface area (Å²) >= 11 is 1.36. The molecule has 4 rings (SSSR count). The number of H-pyrrole nitrogens is 1. The number of benzene rings is 1. The summed E-state index contributed by atoms with van der Waals surface area (Å²) in [5.41, 5.74) is 4.10. The Kier molecular flexibility index (Phi) is 4.00. The number of aromatic nitrogens is 4. The summed E-state index contributed by atoms with van der Waals surface area (Å²) in [4.78, 5) is 16.2. The zero-order valence-corrected chi connectivity index (χ0v) is 15.3. The average molecular weight is 364 g/mol. The molecule has 0 unspecified atom stereocenters. The Morgan fingerprint density at radius 2 is 2.00 bits per heavy atom. The molecule has 0 aliphatic heterocycles. The van der Waals surface area contributed by atoms with Gasteiger partial charge in [0.1, 0.15) is 10.4 Å². The third kappa shape index (κ3) is 2.76. The van der Waals surface area contributed by atoms with Crippen molar-refractivity contribution in [1.29, 1.82) is 0 Å². The number of hydrogen-bond donors (Lipinski definition) is 1. The summed E-state index contributed by atoms with van der Waals surface area (Å²) in [7, 11) is 0. The molecule has 4 aromatic rings. The first-order valence-electron chi connectivity index (χ1n) is 8.09. The van der Waals surface area contributed by atoms with Gasteiger partial charge in [0.15, 0.2) is 0 Å². The van der Waals surface area contributed by atoms with Gasteiger partial charge in [-0.05, 0) is 61.6 Å². The number of ether oxygens (including phenoxy) is 1. The van der Waals surface area contributed by atoms with Crippen molar-refractivity contribution in [3.8, 4) is 22.8 Å². The molecular formula is C19H16N4O2S. The highest BCUT2D eigenvalue weighted by atomic mass is 32.1.